The predicted octanol–water partition coefficient (Wildman–Crippen LogP) is 12.4. The first-order valence-electron chi connectivity index (χ1n) is 15.4. The second kappa shape index (κ2) is 23.8. The van der Waals surface area contributed by atoms with E-state index in [0.717, 1.165) is 44.1 Å². The smallest absolute Gasteiger partial charge is 0.0760 e. The second-order valence-corrected chi connectivity index (χ2v) is 12.0. The highest BCUT2D eigenvalue weighted by Gasteiger charge is 2.01. The molecule has 0 spiro atoms. The van der Waals surface area contributed by atoms with Crippen LogP contribution >= 0.6 is 0 Å². The lowest BCUT2D eigenvalue weighted by atomic mass is 10.0. The molecule has 0 saturated carbocycles. The third-order valence-corrected chi connectivity index (χ3v) is 6.52. The van der Waals surface area contributed by atoms with Crippen LogP contribution in [-0.2, 0) is 0 Å². The number of aliphatic hydroxyl groups is 1. The number of hydrogen-bond donors (Lipinski definition) is 1. The van der Waals surface area contributed by atoms with E-state index < -0.39 is 0 Å². The van der Waals surface area contributed by atoms with E-state index in [-0.39, 0.29) is 6.10 Å². The Balaban J connectivity index is 4.56. The molecule has 0 aliphatic heterocycles. The van der Waals surface area contributed by atoms with Gasteiger partial charge in [0.25, 0.3) is 0 Å². The van der Waals surface area contributed by atoms with Gasteiger partial charge >= 0.3 is 0 Å². The van der Waals surface area contributed by atoms with Crippen LogP contribution in [0.5, 0.6) is 0 Å². The first-order chi connectivity index (χ1) is 19.4. The molecule has 0 heterocycles. The van der Waals surface area contributed by atoms with Crippen LogP contribution in [0.25, 0.3) is 0 Å². The predicted molar refractivity (Wildman–Crippen MR) is 187 cm³/mol. The Morgan fingerprint density at radius 1 is 0.488 bits per heavy atom. The van der Waals surface area contributed by atoms with Crippen molar-refractivity contribution in [2.75, 3.05) is 0 Å². The lowest BCUT2D eigenvalue weighted by molar-refractivity contribution is 0.222. The lowest BCUT2D eigenvalue weighted by Crippen LogP contribution is -2.03. The molecule has 0 rings (SSSR count). The summed E-state index contributed by atoms with van der Waals surface area (Å²) in [6.45, 7) is 21.4. The van der Waals surface area contributed by atoms with Gasteiger partial charge in [-0.15, -0.1) is 0 Å². The molecule has 41 heavy (non-hydrogen) atoms. The highest BCUT2D eigenvalue weighted by molar-refractivity contribution is 5.30. The summed E-state index contributed by atoms with van der Waals surface area (Å²) < 4.78 is 0. The SMILES string of the molecule is CC(C)=CCC/C(C)=C/CC/C(C)=C/C=C/C(C)=C/C=C/C=C(C)/C=C/C=C(\C)CC/C=C(\C)CC(O)C=C(C)C. The highest BCUT2D eigenvalue weighted by atomic mass is 16.3. The lowest BCUT2D eigenvalue weighted by Gasteiger charge is -2.07. The number of aliphatic hydroxyl groups excluding tert-OH is 1. The van der Waals surface area contributed by atoms with E-state index in [1.165, 1.54) is 39.0 Å². The minimum atomic E-state index is -0.378. The fraction of sp³-hybridized carbons (Fsp3) is 0.450. The van der Waals surface area contributed by atoms with E-state index in [1.807, 2.05) is 19.9 Å². The zero-order valence-corrected chi connectivity index (χ0v) is 28.1. The molecule has 1 unspecified atom stereocenters. The van der Waals surface area contributed by atoms with Crippen LogP contribution in [0.15, 0.2) is 130 Å². The molecular formula is C40H60O. The van der Waals surface area contributed by atoms with E-state index in [9.17, 15) is 5.11 Å². The van der Waals surface area contributed by atoms with Gasteiger partial charge in [0.1, 0.15) is 0 Å². The first kappa shape index (κ1) is 38.1. The van der Waals surface area contributed by atoms with Gasteiger partial charge in [0.15, 0.2) is 0 Å². The second-order valence-electron chi connectivity index (χ2n) is 12.0. The van der Waals surface area contributed by atoms with Crippen molar-refractivity contribution in [1.82, 2.24) is 0 Å². The molecule has 0 amide bonds. The minimum absolute atomic E-state index is 0.378. The van der Waals surface area contributed by atoms with Gasteiger partial charge in [0.05, 0.1) is 6.10 Å². The van der Waals surface area contributed by atoms with Gasteiger partial charge in [0, 0.05) is 0 Å². The van der Waals surface area contributed by atoms with Crippen molar-refractivity contribution in [3.63, 3.8) is 0 Å². The molecule has 0 aliphatic carbocycles. The third kappa shape index (κ3) is 25.8. The summed E-state index contributed by atoms with van der Waals surface area (Å²) in [5.74, 6) is 0. The molecule has 0 radical (unpaired) electrons. The monoisotopic (exact) mass is 556 g/mol. The maximum absolute atomic E-state index is 10.0. The fourth-order valence-electron chi connectivity index (χ4n) is 4.06. The summed E-state index contributed by atoms with van der Waals surface area (Å²) in [7, 11) is 0. The molecule has 1 N–H and O–H groups in total. The normalized spacial score (nSPS) is 15.4. The molecule has 0 bridgehead atoms. The summed E-state index contributed by atoms with van der Waals surface area (Å²) in [5.41, 5.74) is 10.5. The maximum Gasteiger partial charge on any atom is 0.0760 e. The Kier molecular flexibility index (Phi) is 22.1. The van der Waals surface area contributed by atoms with E-state index in [1.54, 1.807) is 0 Å². The van der Waals surface area contributed by atoms with Crippen LogP contribution in [0.1, 0.15) is 114 Å². The molecule has 0 saturated heterocycles. The Hall–Kier alpha value is -2.90. The van der Waals surface area contributed by atoms with Crippen molar-refractivity contribution in [3.05, 3.63) is 130 Å². The number of allylic oxidation sites excluding steroid dienone is 20. The molecule has 0 aromatic carbocycles. The highest BCUT2D eigenvalue weighted by Crippen LogP contribution is 2.13. The van der Waals surface area contributed by atoms with Crippen LogP contribution in [0.2, 0.25) is 0 Å². The summed E-state index contributed by atoms with van der Waals surface area (Å²) in [5, 5.41) is 10.0. The summed E-state index contributed by atoms with van der Waals surface area (Å²) in [6.07, 6.45) is 37.3. The van der Waals surface area contributed by atoms with Crippen molar-refractivity contribution in [2.24, 2.45) is 0 Å². The van der Waals surface area contributed by atoms with Gasteiger partial charge in [-0.1, -0.05) is 130 Å². The summed E-state index contributed by atoms with van der Waals surface area (Å²) in [6, 6.07) is 0. The van der Waals surface area contributed by atoms with Crippen molar-refractivity contribution >= 4 is 0 Å². The molecule has 0 aromatic heterocycles. The Bertz CT molecular complexity index is 1090. The van der Waals surface area contributed by atoms with Gasteiger partial charge in [0.2, 0.25) is 0 Å². The van der Waals surface area contributed by atoms with Crippen molar-refractivity contribution < 1.29 is 5.11 Å². The van der Waals surface area contributed by atoms with Crippen molar-refractivity contribution in [1.29, 1.82) is 0 Å². The zero-order valence-electron chi connectivity index (χ0n) is 28.1. The van der Waals surface area contributed by atoms with Crippen molar-refractivity contribution in [3.8, 4) is 0 Å². The Labute approximate surface area is 254 Å². The average Bonchev–Trinajstić information content (AvgIpc) is 2.85. The molecule has 1 nitrogen and oxygen atoms in total. The summed E-state index contributed by atoms with van der Waals surface area (Å²) in [4.78, 5) is 0. The van der Waals surface area contributed by atoms with Gasteiger partial charge in [-0.05, 0) is 114 Å². The van der Waals surface area contributed by atoms with Crippen LogP contribution in [-0.4, -0.2) is 11.2 Å². The van der Waals surface area contributed by atoms with E-state index in [4.69, 9.17) is 0 Å². The fourth-order valence-corrected chi connectivity index (χ4v) is 4.06. The maximum atomic E-state index is 10.0. The van der Waals surface area contributed by atoms with Gasteiger partial charge < -0.3 is 5.11 Å². The zero-order chi connectivity index (χ0) is 31.0. The van der Waals surface area contributed by atoms with Crippen LogP contribution in [0.3, 0.4) is 0 Å². The first-order valence-corrected chi connectivity index (χ1v) is 15.4. The largest absolute Gasteiger partial charge is 0.389 e. The minimum Gasteiger partial charge on any atom is -0.389 e. The third-order valence-electron chi connectivity index (χ3n) is 6.52. The molecule has 0 aliphatic rings. The number of hydrogen-bond acceptors (Lipinski definition) is 1. The van der Waals surface area contributed by atoms with E-state index in [2.05, 4.69) is 134 Å². The number of rotatable bonds is 18. The molecule has 0 aromatic rings. The summed E-state index contributed by atoms with van der Waals surface area (Å²) >= 11 is 0. The average molecular weight is 557 g/mol. The Morgan fingerprint density at radius 3 is 1.39 bits per heavy atom. The topological polar surface area (TPSA) is 20.2 Å². The molecule has 1 heteroatoms. The van der Waals surface area contributed by atoms with Crippen molar-refractivity contribution in [2.45, 2.75) is 120 Å². The quantitative estimate of drug-likeness (QED) is 0.131. The van der Waals surface area contributed by atoms with Crippen LogP contribution in [0.4, 0.5) is 0 Å². The standard InChI is InChI=1S/C40H60O/c1-32(2)18-13-21-36(7)24-16-27-37(8)25-14-22-34(5)19-11-12-20-35(6)23-15-26-38(9)28-17-29-39(10)31-40(41)30-33(3)4/h11-12,14-15,18-20,22-26,29-30,40-41H,13,16-17,21,27-28,31H2,1-10H3/b12-11+,22-14+,23-15+,34-19+,35-20+,36-24+,37-25+,38-26+,39-29+. The van der Waals surface area contributed by atoms with Gasteiger partial charge in [-0.25, -0.2) is 0 Å². The van der Waals surface area contributed by atoms with Gasteiger partial charge in [-0.3, -0.25) is 0 Å². The molecule has 226 valence electrons. The van der Waals surface area contributed by atoms with E-state index in [0.29, 0.717) is 6.42 Å². The molecular weight excluding hydrogens is 496 g/mol. The molecule has 1 atom stereocenters. The Morgan fingerprint density at radius 2 is 0.927 bits per heavy atom. The van der Waals surface area contributed by atoms with Crippen LogP contribution < -0.4 is 0 Å². The van der Waals surface area contributed by atoms with Crippen LogP contribution in [0, 0.1) is 0 Å². The molecule has 0 fully saturated rings. The van der Waals surface area contributed by atoms with E-state index >= 15 is 0 Å². The van der Waals surface area contributed by atoms with Gasteiger partial charge in [-0.2, -0.15) is 0 Å².